The molecule has 2 aromatic rings. The van der Waals surface area contributed by atoms with Gasteiger partial charge in [0.25, 0.3) is 0 Å². The van der Waals surface area contributed by atoms with Crippen molar-refractivity contribution in [3.05, 3.63) is 28.0 Å². The number of imidazole rings is 1. The van der Waals surface area contributed by atoms with Gasteiger partial charge in [-0.1, -0.05) is 23.2 Å². The van der Waals surface area contributed by atoms with Gasteiger partial charge in [0.2, 0.25) is 0 Å². The van der Waals surface area contributed by atoms with Gasteiger partial charge in [0, 0.05) is 0 Å². The van der Waals surface area contributed by atoms with Gasteiger partial charge in [-0.15, -0.1) is 11.6 Å². The van der Waals surface area contributed by atoms with E-state index < -0.39 is 6.04 Å². The van der Waals surface area contributed by atoms with E-state index in [1.807, 2.05) is 0 Å². The summed E-state index contributed by atoms with van der Waals surface area (Å²) in [4.78, 5) is 16.2. The molecule has 2 atom stereocenters. The zero-order chi connectivity index (χ0) is 15.0. The first-order valence-electron chi connectivity index (χ1n) is 5.95. The van der Waals surface area contributed by atoms with Gasteiger partial charge in [-0.3, -0.25) is 0 Å². The van der Waals surface area contributed by atoms with E-state index in [0.29, 0.717) is 26.9 Å². The van der Waals surface area contributed by atoms with Gasteiger partial charge in [-0.05, 0) is 26.0 Å². The number of carbonyl (C=O) groups is 1. The lowest BCUT2D eigenvalue weighted by molar-refractivity contribution is -0.143. The van der Waals surface area contributed by atoms with Crippen molar-refractivity contribution in [1.82, 2.24) is 9.55 Å². The summed E-state index contributed by atoms with van der Waals surface area (Å²) in [5, 5.41) is 0.432. The third-order valence-electron chi connectivity index (χ3n) is 3.04. The molecule has 1 heterocycles. The molecule has 0 N–H and O–H groups in total. The van der Waals surface area contributed by atoms with E-state index in [0.717, 1.165) is 0 Å². The van der Waals surface area contributed by atoms with Crippen molar-refractivity contribution in [3.8, 4) is 0 Å². The van der Waals surface area contributed by atoms with Crippen LogP contribution in [0.1, 0.15) is 31.1 Å². The van der Waals surface area contributed by atoms with E-state index in [2.05, 4.69) is 4.98 Å². The average molecular weight is 336 g/mol. The van der Waals surface area contributed by atoms with Crippen molar-refractivity contribution in [3.63, 3.8) is 0 Å². The maximum Gasteiger partial charge on any atom is 0.328 e. The van der Waals surface area contributed by atoms with Crippen molar-refractivity contribution in [2.45, 2.75) is 25.3 Å². The average Bonchev–Trinajstić information content (AvgIpc) is 2.76. The molecule has 1 aromatic heterocycles. The van der Waals surface area contributed by atoms with Crippen molar-refractivity contribution < 1.29 is 9.53 Å². The fourth-order valence-electron chi connectivity index (χ4n) is 2.07. The number of alkyl halides is 1. The lowest BCUT2D eigenvalue weighted by Gasteiger charge is -2.16. The highest BCUT2D eigenvalue weighted by atomic mass is 35.5. The number of hydrogen-bond acceptors (Lipinski definition) is 3. The molecule has 0 spiro atoms. The Morgan fingerprint density at radius 1 is 1.30 bits per heavy atom. The Balaban J connectivity index is 2.74. The number of aromatic nitrogens is 2. The number of hydrogen-bond donors (Lipinski definition) is 0. The summed E-state index contributed by atoms with van der Waals surface area (Å²) < 4.78 is 6.51. The molecule has 0 saturated heterocycles. The summed E-state index contributed by atoms with van der Waals surface area (Å²) in [7, 11) is 1.34. The molecule has 0 bridgehead atoms. The van der Waals surface area contributed by atoms with Crippen LogP contribution in [0.5, 0.6) is 0 Å². The van der Waals surface area contributed by atoms with Crippen molar-refractivity contribution in [2.75, 3.05) is 7.11 Å². The molecule has 0 amide bonds. The van der Waals surface area contributed by atoms with Crippen LogP contribution in [0.25, 0.3) is 11.0 Å². The Bertz CT molecular complexity index is 667. The topological polar surface area (TPSA) is 44.1 Å². The van der Waals surface area contributed by atoms with Crippen molar-refractivity contribution in [1.29, 1.82) is 0 Å². The Kier molecular flexibility index (Phi) is 4.47. The summed E-state index contributed by atoms with van der Waals surface area (Å²) >= 11 is 18.2. The molecule has 1 aromatic carbocycles. The van der Waals surface area contributed by atoms with Gasteiger partial charge < -0.3 is 9.30 Å². The fourth-order valence-corrected chi connectivity index (χ4v) is 2.54. The summed E-state index contributed by atoms with van der Waals surface area (Å²) in [5.41, 5.74) is 1.33. The summed E-state index contributed by atoms with van der Waals surface area (Å²) in [5.74, 6) is 0.187. The minimum absolute atomic E-state index is 0.368. The predicted molar refractivity (Wildman–Crippen MR) is 80.7 cm³/mol. The largest absolute Gasteiger partial charge is 0.467 e. The lowest BCUT2D eigenvalue weighted by atomic mass is 10.2. The predicted octanol–water partition coefficient (Wildman–Crippen LogP) is 4.38. The molecule has 0 aliphatic rings. The highest BCUT2D eigenvalue weighted by molar-refractivity contribution is 6.42. The molecule has 2 rings (SSSR count). The van der Waals surface area contributed by atoms with Gasteiger partial charge in [0.15, 0.2) is 0 Å². The van der Waals surface area contributed by atoms with Gasteiger partial charge in [0.05, 0.1) is 33.6 Å². The number of carbonyl (C=O) groups excluding carboxylic acids is 1. The molecular formula is C13H13Cl3N2O2. The number of esters is 1. The highest BCUT2D eigenvalue weighted by Gasteiger charge is 2.24. The second-order valence-corrected chi connectivity index (χ2v) is 5.88. The summed E-state index contributed by atoms with van der Waals surface area (Å²) in [6.07, 6.45) is 0. The molecule has 0 fully saturated rings. The Morgan fingerprint density at radius 3 is 2.45 bits per heavy atom. The molecule has 0 aliphatic carbocycles. The molecular weight excluding hydrogens is 323 g/mol. The zero-order valence-electron chi connectivity index (χ0n) is 11.2. The van der Waals surface area contributed by atoms with Crippen LogP contribution in [0.15, 0.2) is 12.1 Å². The summed E-state index contributed by atoms with van der Waals surface area (Å²) in [6.45, 7) is 3.50. The third-order valence-corrected chi connectivity index (χ3v) is 3.96. The van der Waals surface area contributed by atoms with Crippen LogP contribution >= 0.6 is 34.8 Å². The quantitative estimate of drug-likeness (QED) is 0.617. The van der Waals surface area contributed by atoms with Crippen molar-refractivity contribution >= 4 is 51.8 Å². The second kappa shape index (κ2) is 5.80. The maximum atomic E-state index is 11.8. The maximum absolute atomic E-state index is 11.8. The van der Waals surface area contributed by atoms with E-state index in [1.54, 1.807) is 30.5 Å². The highest BCUT2D eigenvalue weighted by Crippen LogP contribution is 2.33. The van der Waals surface area contributed by atoms with E-state index in [1.165, 1.54) is 7.11 Å². The zero-order valence-corrected chi connectivity index (χ0v) is 13.4. The summed E-state index contributed by atoms with van der Waals surface area (Å²) in [6, 6.07) is 2.77. The fraction of sp³-hybridized carbons (Fsp3) is 0.385. The van der Waals surface area contributed by atoms with E-state index in [-0.39, 0.29) is 11.3 Å². The van der Waals surface area contributed by atoms with E-state index in [4.69, 9.17) is 39.5 Å². The van der Waals surface area contributed by atoms with E-state index in [9.17, 15) is 4.79 Å². The Labute approximate surface area is 131 Å². The smallest absolute Gasteiger partial charge is 0.328 e. The van der Waals surface area contributed by atoms with Crippen LogP contribution in [0.2, 0.25) is 10.0 Å². The minimum Gasteiger partial charge on any atom is -0.467 e. The van der Waals surface area contributed by atoms with Crippen LogP contribution in [-0.4, -0.2) is 22.6 Å². The first kappa shape index (κ1) is 15.4. The molecule has 7 heteroatoms. The first-order valence-corrected chi connectivity index (χ1v) is 7.14. The molecule has 20 heavy (non-hydrogen) atoms. The number of methoxy groups -OCH3 is 1. The van der Waals surface area contributed by atoms with Gasteiger partial charge in [-0.25, -0.2) is 9.78 Å². The molecule has 4 nitrogen and oxygen atoms in total. The van der Waals surface area contributed by atoms with Crippen LogP contribution in [-0.2, 0) is 9.53 Å². The second-order valence-electron chi connectivity index (χ2n) is 4.41. The van der Waals surface area contributed by atoms with Gasteiger partial charge in [-0.2, -0.15) is 0 Å². The number of benzene rings is 1. The van der Waals surface area contributed by atoms with Crippen LogP contribution in [0.3, 0.4) is 0 Å². The van der Waals surface area contributed by atoms with Crippen LogP contribution in [0, 0.1) is 0 Å². The number of rotatable bonds is 3. The molecule has 108 valence electrons. The molecule has 0 radical (unpaired) electrons. The van der Waals surface area contributed by atoms with E-state index >= 15 is 0 Å². The van der Waals surface area contributed by atoms with Gasteiger partial charge >= 0.3 is 5.97 Å². The number of ether oxygens (including phenoxy) is 1. The number of fused-ring (bicyclic) bond motifs is 1. The molecule has 2 unspecified atom stereocenters. The minimum atomic E-state index is -0.557. The standard InChI is InChI=1S/C13H13Cl3N2O2/c1-6(14)12-17-10-4-8(15)9(16)5-11(10)18(12)7(2)13(19)20-3/h4-7H,1-3H3. The van der Waals surface area contributed by atoms with Gasteiger partial charge in [0.1, 0.15) is 11.9 Å². The third kappa shape index (κ3) is 2.60. The molecule has 0 aliphatic heterocycles. The van der Waals surface area contributed by atoms with Crippen LogP contribution in [0.4, 0.5) is 0 Å². The lowest BCUT2D eigenvalue weighted by Crippen LogP contribution is -2.20. The Morgan fingerprint density at radius 2 is 1.90 bits per heavy atom. The number of nitrogens with zero attached hydrogens (tertiary/aromatic N) is 2. The normalized spacial score (nSPS) is 14.3. The monoisotopic (exact) mass is 334 g/mol. The van der Waals surface area contributed by atoms with Crippen LogP contribution < -0.4 is 0 Å². The SMILES string of the molecule is COC(=O)C(C)n1c(C(C)Cl)nc2cc(Cl)c(Cl)cc21. The Hall–Kier alpha value is -0.970. The molecule has 0 saturated carbocycles. The van der Waals surface area contributed by atoms with Crippen molar-refractivity contribution in [2.24, 2.45) is 0 Å². The first-order chi connectivity index (χ1) is 9.36. The number of halogens is 3.